The lowest BCUT2D eigenvalue weighted by Crippen LogP contribution is -1.94. The van der Waals surface area contributed by atoms with E-state index in [-0.39, 0.29) is 0 Å². The zero-order valence-corrected chi connectivity index (χ0v) is 26.1. The normalized spacial score (nSPS) is 11.6. The Balaban J connectivity index is 1.02. The van der Waals surface area contributed by atoms with Crippen molar-refractivity contribution in [1.29, 1.82) is 0 Å². The summed E-state index contributed by atoms with van der Waals surface area (Å²) in [6, 6.07) is 56.9. The van der Waals surface area contributed by atoms with Gasteiger partial charge in [0, 0.05) is 36.9 Å². The Morgan fingerprint density at radius 3 is 1.09 bits per heavy atom. The molecule has 0 aliphatic rings. The maximum atomic E-state index is 2.29. The van der Waals surface area contributed by atoms with Gasteiger partial charge in [0.05, 0.1) is 0 Å². The first kappa shape index (κ1) is 27.7. The summed E-state index contributed by atoms with van der Waals surface area (Å²) in [6.45, 7) is 0. The van der Waals surface area contributed by atoms with Crippen molar-refractivity contribution in [3.8, 4) is 45.0 Å². The highest BCUT2D eigenvalue weighted by atomic mass is 15.0. The molecular weight excluding hydrogens is 556 g/mol. The van der Waals surface area contributed by atoms with Crippen molar-refractivity contribution in [1.82, 2.24) is 9.13 Å². The van der Waals surface area contributed by atoms with Crippen LogP contribution in [0.2, 0.25) is 0 Å². The summed E-state index contributed by atoms with van der Waals surface area (Å²) in [5, 5.41) is 4.97. The van der Waals surface area contributed by atoms with E-state index in [1.807, 2.05) is 0 Å². The summed E-state index contributed by atoms with van der Waals surface area (Å²) < 4.78 is 4.56. The van der Waals surface area contributed by atoms with Crippen LogP contribution in [0, 0.1) is 0 Å². The van der Waals surface area contributed by atoms with Crippen molar-refractivity contribution in [2.45, 2.75) is 0 Å². The summed E-state index contributed by atoms with van der Waals surface area (Å²) in [6.07, 6.45) is 4.42. The van der Waals surface area contributed by atoms with Crippen LogP contribution < -0.4 is 0 Å². The molecule has 0 bridgehead atoms. The number of hydrogen-bond acceptors (Lipinski definition) is 0. The van der Waals surface area contributed by atoms with Gasteiger partial charge in [-0.25, -0.2) is 0 Å². The minimum atomic E-state index is 1.19. The van der Waals surface area contributed by atoms with E-state index in [2.05, 4.69) is 193 Å². The topological polar surface area (TPSA) is 9.86 Å². The summed E-state index contributed by atoms with van der Waals surface area (Å²) in [5.41, 5.74) is 12.2. The molecule has 2 aromatic heterocycles. The molecule has 8 aromatic rings. The third-order valence-electron chi connectivity index (χ3n) is 9.17. The first-order chi connectivity index (χ1) is 22.6. The Bertz CT molecular complexity index is 2200. The number of hydrogen-bond donors (Lipinski definition) is 0. The van der Waals surface area contributed by atoms with Gasteiger partial charge in [0.25, 0.3) is 0 Å². The lowest BCUT2D eigenvalue weighted by atomic mass is 10.0. The van der Waals surface area contributed by atoms with Gasteiger partial charge in [0.15, 0.2) is 0 Å². The number of rotatable bonds is 6. The van der Waals surface area contributed by atoms with E-state index < -0.39 is 0 Å². The van der Waals surface area contributed by atoms with Gasteiger partial charge in [-0.3, -0.25) is 0 Å². The quantitative estimate of drug-likeness (QED) is 0.171. The van der Waals surface area contributed by atoms with E-state index in [0.717, 1.165) is 0 Å². The monoisotopic (exact) mass is 590 g/mol. The molecule has 0 aliphatic carbocycles. The molecule has 46 heavy (non-hydrogen) atoms. The number of benzene rings is 6. The molecular formula is C44H34N2. The molecule has 0 aliphatic heterocycles. The van der Waals surface area contributed by atoms with Crippen LogP contribution in [0.15, 0.2) is 158 Å². The molecule has 0 saturated carbocycles. The van der Waals surface area contributed by atoms with Gasteiger partial charge in [-0.1, -0.05) is 121 Å². The molecule has 2 heterocycles. The maximum Gasteiger partial charge on any atom is 0.0482 e. The lowest BCUT2D eigenvalue weighted by molar-refractivity contribution is 0.946. The second kappa shape index (κ2) is 11.6. The smallest absolute Gasteiger partial charge is 0.0482 e. The maximum absolute atomic E-state index is 2.29. The van der Waals surface area contributed by atoms with Gasteiger partial charge < -0.3 is 9.13 Å². The predicted octanol–water partition coefficient (Wildman–Crippen LogP) is 11.5. The average molecular weight is 591 g/mol. The van der Waals surface area contributed by atoms with E-state index in [4.69, 9.17) is 0 Å². The first-order valence-electron chi connectivity index (χ1n) is 15.8. The molecule has 8 rings (SSSR count). The molecule has 0 N–H and O–H groups in total. The van der Waals surface area contributed by atoms with Crippen LogP contribution in [0.1, 0.15) is 11.1 Å². The van der Waals surface area contributed by atoms with Crippen LogP contribution in [0.3, 0.4) is 0 Å². The molecule has 0 spiro atoms. The summed E-state index contributed by atoms with van der Waals surface area (Å²) in [5.74, 6) is 0. The molecule has 0 radical (unpaired) electrons. The molecule has 220 valence electrons. The average Bonchev–Trinajstić information content (AvgIpc) is 3.69. The van der Waals surface area contributed by atoms with Crippen LogP contribution >= 0.6 is 0 Å². The molecule has 0 atom stereocenters. The van der Waals surface area contributed by atoms with Crippen LogP contribution in [0.25, 0.3) is 78.7 Å². The third kappa shape index (κ3) is 5.14. The van der Waals surface area contributed by atoms with Crippen LogP contribution in [-0.4, -0.2) is 9.13 Å². The zero-order chi connectivity index (χ0) is 31.0. The fourth-order valence-corrected chi connectivity index (χ4v) is 6.65. The van der Waals surface area contributed by atoms with Gasteiger partial charge in [-0.15, -0.1) is 0 Å². The van der Waals surface area contributed by atoms with Gasteiger partial charge in [-0.2, -0.15) is 0 Å². The van der Waals surface area contributed by atoms with Gasteiger partial charge in [0.2, 0.25) is 0 Å². The Labute approximate surface area is 270 Å². The highest BCUT2D eigenvalue weighted by Gasteiger charge is 2.11. The Hall–Kier alpha value is -5.86. The summed E-state index contributed by atoms with van der Waals surface area (Å²) >= 11 is 0. The minimum absolute atomic E-state index is 1.19. The zero-order valence-electron chi connectivity index (χ0n) is 26.1. The van der Waals surface area contributed by atoms with E-state index in [1.54, 1.807) is 0 Å². The molecule has 0 fully saturated rings. The van der Waals surface area contributed by atoms with Crippen molar-refractivity contribution in [3.63, 3.8) is 0 Å². The highest BCUT2D eigenvalue weighted by molar-refractivity contribution is 5.92. The number of aromatic nitrogens is 2. The van der Waals surface area contributed by atoms with Crippen LogP contribution in [-0.2, 0) is 14.1 Å². The first-order valence-corrected chi connectivity index (χ1v) is 15.8. The second-order valence-corrected chi connectivity index (χ2v) is 12.0. The van der Waals surface area contributed by atoms with E-state index in [0.29, 0.717) is 0 Å². The molecule has 0 amide bonds. The Kier molecular flexibility index (Phi) is 6.96. The summed E-state index contributed by atoms with van der Waals surface area (Å²) in [4.78, 5) is 0. The lowest BCUT2D eigenvalue weighted by Gasteiger charge is -2.10. The van der Waals surface area contributed by atoms with Crippen LogP contribution in [0.5, 0.6) is 0 Å². The molecule has 2 nitrogen and oxygen atoms in total. The van der Waals surface area contributed by atoms with Crippen molar-refractivity contribution in [2.24, 2.45) is 14.1 Å². The fraction of sp³-hybridized carbons (Fsp3) is 0.0455. The van der Waals surface area contributed by atoms with E-state index in [1.165, 1.54) is 77.7 Å². The largest absolute Gasteiger partial charge is 0.344 e. The molecule has 0 saturated heterocycles. The van der Waals surface area contributed by atoms with Gasteiger partial charge in [0.1, 0.15) is 0 Å². The number of nitrogens with zero attached hydrogens (tertiary/aromatic N) is 2. The van der Waals surface area contributed by atoms with Crippen molar-refractivity contribution in [2.75, 3.05) is 0 Å². The minimum Gasteiger partial charge on any atom is -0.344 e. The van der Waals surface area contributed by atoms with Crippen molar-refractivity contribution < 1.29 is 0 Å². The molecule has 0 unspecified atom stereocenters. The van der Waals surface area contributed by atoms with E-state index in [9.17, 15) is 0 Å². The van der Waals surface area contributed by atoms with Crippen molar-refractivity contribution >= 4 is 33.7 Å². The van der Waals surface area contributed by atoms with Gasteiger partial charge in [-0.05, 0) is 103 Å². The second-order valence-electron chi connectivity index (χ2n) is 12.0. The highest BCUT2D eigenvalue weighted by Crippen LogP contribution is 2.32. The standard InChI is InChI=1S/C44H34N2/c1-45-41(33-9-5-3-6-10-33)23-25-43(45)39-21-19-35-27-31(15-17-37(35)29-39)13-14-32-16-18-38-30-40(22-20-36(38)28-32)44-26-24-42(46(44)2)34-11-7-4-8-12-34/h3-30H,1-2H3/b14-13+. The van der Waals surface area contributed by atoms with Crippen LogP contribution in [0.4, 0.5) is 0 Å². The van der Waals surface area contributed by atoms with Gasteiger partial charge >= 0.3 is 0 Å². The fourth-order valence-electron chi connectivity index (χ4n) is 6.65. The van der Waals surface area contributed by atoms with E-state index >= 15 is 0 Å². The predicted molar refractivity (Wildman–Crippen MR) is 197 cm³/mol. The Morgan fingerprint density at radius 1 is 0.326 bits per heavy atom. The molecule has 6 aromatic carbocycles. The SMILES string of the molecule is Cn1c(-c2ccccc2)ccc1-c1ccc2cc(/C=C/c3ccc4cc(-c5ccc(-c6ccccc6)n5C)ccc4c3)ccc2c1. The van der Waals surface area contributed by atoms with Crippen molar-refractivity contribution in [3.05, 3.63) is 169 Å². The third-order valence-corrected chi connectivity index (χ3v) is 9.17. The number of fused-ring (bicyclic) bond motifs is 2. The molecule has 2 heteroatoms. The summed E-state index contributed by atoms with van der Waals surface area (Å²) in [7, 11) is 4.29. The Morgan fingerprint density at radius 2 is 0.674 bits per heavy atom.